The van der Waals surface area contributed by atoms with Crippen LogP contribution in [-0.4, -0.2) is 11.5 Å². The van der Waals surface area contributed by atoms with Crippen molar-refractivity contribution in [2.24, 2.45) is 5.73 Å². The molecule has 0 aliphatic carbocycles. The van der Waals surface area contributed by atoms with Crippen LogP contribution in [0.5, 0.6) is 0 Å². The van der Waals surface area contributed by atoms with Crippen LogP contribution in [0, 0.1) is 11.8 Å². The van der Waals surface area contributed by atoms with Crippen LogP contribution in [0.25, 0.3) is 11.1 Å². The molecule has 0 atom stereocenters. The van der Waals surface area contributed by atoms with Gasteiger partial charge < -0.3 is 10.2 Å². The summed E-state index contributed by atoms with van der Waals surface area (Å²) in [5, 5.41) is 0. The number of rotatable bonds is 0. The van der Waals surface area contributed by atoms with Crippen LogP contribution < -0.4 is 5.73 Å². The van der Waals surface area contributed by atoms with Crippen molar-refractivity contribution < 1.29 is 4.42 Å². The fourth-order valence-electron chi connectivity index (χ4n) is 1.09. The van der Waals surface area contributed by atoms with Gasteiger partial charge in [-0.15, -0.1) is 0 Å². The average Bonchev–Trinajstić information content (AvgIpc) is 2.61. The monoisotopic (exact) mass is 172 g/mol. The molecule has 0 bridgehead atoms. The predicted octanol–water partition coefficient (Wildman–Crippen LogP) is 1.14. The Balaban J connectivity index is 2.48. The van der Waals surface area contributed by atoms with E-state index in [-0.39, 0.29) is 0 Å². The number of hydrogen-bond acceptors (Lipinski definition) is 3. The molecule has 0 radical (unpaired) electrons. The first kappa shape index (κ1) is 7.84. The number of nitrogens with two attached hydrogens (primary N) is 1. The summed E-state index contributed by atoms with van der Waals surface area (Å²) in [4.78, 5) is 4.02. The Bertz CT molecular complexity index is 476. The Morgan fingerprint density at radius 1 is 1.46 bits per heavy atom. The van der Waals surface area contributed by atoms with E-state index in [0.717, 1.165) is 16.7 Å². The molecule has 1 aromatic heterocycles. The predicted molar refractivity (Wildman–Crippen MR) is 49.9 cm³/mol. The fourth-order valence-corrected chi connectivity index (χ4v) is 1.09. The van der Waals surface area contributed by atoms with Crippen LogP contribution in [0.15, 0.2) is 29.0 Å². The minimum atomic E-state index is 0.372. The Labute approximate surface area is 75.6 Å². The van der Waals surface area contributed by atoms with Gasteiger partial charge in [-0.3, -0.25) is 0 Å². The molecular weight excluding hydrogens is 164 g/mol. The highest BCUT2D eigenvalue weighted by molar-refractivity contribution is 5.73. The van der Waals surface area contributed by atoms with Gasteiger partial charge in [-0.2, -0.15) is 0 Å². The highest BCUT2D eigenvalue weighted by Crippen LogP contribution is 2.12. The van der Waals surface area contributed by atoms with Crippen LogP contribution in [-0.2, 0) is 0 Å². The molecule has 3 heteroatoms. The lowest BCUT2D eigenvalue weighted by molar-refractivity contribution is 0.602. The summed E-state index contributed by atoms with van der Waals surface area (Å²) in [5.41, 5.74) is 7.77. The molecule has 0 fully saturated rings. The topological polar surface area (TPSA) is 52.0 Å². The van der Waals surface area contributed by atoms with Crippen molar-refractivity contribution in [2.45, 2.75) is 0 Å². The van der Waals surface area contributed by atoms with Crippen molar-refractivity contribution >= 4 is 11.1 Å². The van der Waals surface area contributed by atoms with E-state index in [9.17, 15) is 0 Å². The molecule has 0 saturated carbocycles. The molecule has 0 unspecified atom stereocenters. The van der Waals surface area contributed by atoms with Crippen molar-refractivity contribution in [3.8, 4) is 11.8 Å². The van der Waals surface area contributed by atoms with Gasteiger partial charge in [0.1, 0.15) is 5.52 Å². The van der Waals surface area contributed by atoms with Crippen LogP contribution in [0.4, 0.5) is 0 Å². The van der Waals surface area contributed by atoms with Crippen molar-refractivity contribution in [1.82, 2.24) is 4.98 Å². The Kier molecular flexibility index (Phi) is 1.99. The zero-order valence-corrected chi connectivity index (χ0v) is 6.95. The van der Waals surface area contributed by atoms with Gasteiger partial charge in [0.15, 0.2) is 12.0 Å². The largest absolute Gasteiger partial charge is 0.443 e. The molecule has 64 valence electrons. The lowest BCUT2D eigenvalue weighted by Gasteiger charge is -1.88. The van der Waals surface area contributed by atoms with Gasteiger partial charge in [-0.05, 0) is 18.2 Å². The molecule has 2 N–H and O–H groups in total. The smallest absolute Gasteiger partial charge is 0.181 e. The van der Waals surface area contributed by atoms with Crippen LogP contribution >= 0.6 is 0 Å². The van der Waals surface area contributed by atoms with E-state index in [4.69, 9.17) is 10.2 Å². The molecule has 13 heavy (non-hydrogen) atoms. The van der Waals surface area contributed by atoms with Crippen LogP contribution in [0.1, 0.15) is 5.56 Å². The second-order valence-corrected chi connectivity index (χ2v) is 2.54. The Morgan fingerprint density at radius 2 is 2.38 bits per heavy atom. The standard InChI is InChI=1S/C10H8N2O/c11-5-1-2-8-3-4-10-9(6-8)12-7-13-10/h3-4,6-7H,5,11H2. The average molecular weight is 172 g/mol. The first-order chi connectivity index (χ1) is 6.40. The number of benzene rings is 1. The Hall–Kier alpha value is -1.79. The number of fused-ring (bicyclic) bond motifs is 1. The van der Waals surface area contributed by atoms with E-state index < -0.39 is 0 Å². The second kappa shape index (κ2) is 3.30. The van der Waals surface area contributed by atoms with Gasteiger partial charge >= 0.3 is 0 Å². The van der Waals surface area contributed by atoms with Crippen LogP contribution in [0.2, 0.25) is 0 Å². The van der Waals surface area contributed by atoms with Crippen molar-refractivity contribution in [1.29, 1.82) is 0 Å². The summed E-state index contributed by atoms with van der Waals surface area (Å²) in [6.07, 6.45) is 1.42. The van der Waals surface area contributed by atoms with Crippen molar-refractivity contribution in [3.05, 3.63) is 30.2 Å². The summed E-state index contributed by atoms with van der Waals surface area (Å²) >= 11 is 0. The summed E-state index contributed by atoms with van der Waals surface area (Å²) in [6, 6.07) is 5.61. The number of aromatic nitrogens is 1. The van der Waals surface area contributed by atoms with Gasteiger partial charge in [0, 0.05) is 5.56 Å². The lowest BCUT2D eigenvalue weighted by Crippen LogP contribution is -1.92. The molecular formula is C10H8N2O. The van der Waals surface area contributed by atoms with Crippen LogP contribution in [0.3, 0.4) is 0 Å². The summed E-state index contributed by atoms with van der Waals surface area (Å²) in [7, 11) is 0. The van der Waals surface area contributed by atoms with Crippen molar-refractivity contribution in [2.75, 3.05) is 6.54 Å². The third kappa shape index (κ3) is 1.53. The summed E-state index contributed by atoms with van der Waals surface area (Å²) in [6.45, 7) is 0.372. The highest BCUT2D eigenvalue weighted by atomic mass is 16.3. The third-order valence-electron chi connectivity index (χ3n) is 1.67. The quantitative estimate of drug-likeness (QED) is 0.606. The van der Waals surface area contributed by atoms with E-state index in [0.29, 0.717) is 6.54 Å². The highest BCUT2D eigenvalue weighted by Gasteiger charge is 1.96. The normalized spacial score (nSPS) is 9.62. The molecule has 2 rings (SSSR count). The van der Waals surface area contributed by atoms with Gasteiger partial charge in [0.25, 0.3) is 0 Å². The molecule has 1 heterocycles. The minimum absolute atomic E-state index is 0.372. The molecule has 0 aliphatic rings. The first-order valence-electron chi connectivity index (χ1n) is 3.92. The number of oxazole rings is 1. The second-order valence-electron chi connectivity index (χ2n) is 2.54. The Morgan fingerprint density at radius 3 is 3.23 bits per heavy atom. The van der Waals surface area contributed by atoms with E-state index in [2.05, 4.69) is 16.8 Å². The van der Waals surface area contributed by atoms with E-state index in [1.807, 2.05) is 18.2 Å². The number of hydrogen-bond donors (Lipinski definition) is 1. The summed E-state index contributed by atoms with van der Waals surface area (Å²) in [5.74, 6) is 5.71. The van der Waals surface area contributed by atoms with E-state index in [1.165, 1.54) is 6.39 Å². The SMILES string of the molecule is NCC#Cc1ccc2ocnc2c1. The van der Waals surface area contributed by atoms with Gasteiger partial charge in [0.05, 0.1) is 6.54 Å². The molecule has 3 nitrogen and oxygen atoms in total. The zero-order valence-electron chi connectivity index (χ0n) is 6.95. The minimum Gasteiger partial charge on any atom is -0.443 e. The fraction of sp³-hybridized carbons (Fsp3) is 0.100. The molecule has 0 spiro atoms. The molecule has 0 saturated heterocycles. The van der Waals surface area contributed by atoms with E-state index >= 15 is 0 Å². The number of nitrogens with zero attached hydrogens (tertiary/aromatic N) is 1. The first-order valence-corrected chi connectivity index (χ1v) is 3.92. The molecule has 0 aliphatic heterocycles. The maximum absolute atomic E-state index is 5.26. The molecule has 0 amide bonds. The lowest BCUT2D eigenvalue weighted by atomic mass is 10.2. The molecule has 1 aromatic carbocycles. The zero-order chi connectivity index (χ0) is 9.10. The third-order valence-corrected chi connectivity index (χ3v) is 1.67. The maximum atomic E-state index is 5.26. The van der Waals surface area contributed by atoms with Gasteiger partial charge in [-0.25, -0.2) is 4.98 Å². The van der Waals surface area contributed by atoms with Crippen molar-refractivity contribution in [3.63, 3.8) is 0 Å². The maximum Gasteiger partial charge on any atom is 0.181 e. The van der Waals surface area contributed by atoms with E-state index in [1.54, 1.807) is 0 Å². The van der Waals surface area contributed by atoms with Gasteiger partial charge in [0.2, 0.25) is 0 Å². The molecule has 2 aromatic rings. The van der Waals surface area contributed by atoms with Gasteiger partial charge in [-0.1, -0.05) is 11.8 Å². The summed E-state index contributed by atoms with van der Waals surface area (Å²) < 4.78 is 5.09.